The summed E-state index contributed by atoms with van der Waals surface area (Å²) in [5, 5.41) is 22.5. The first-order chi connectivity index (χ1) is 8.36. The Labute approximate surface area is 106 Å². The van der Waals surface area contributed by atoms with Crippen molar-refractivity contribution in [2.24, 2.45) is 0 Å². The molecule has 18 heavy (non-hydrogen) atoms. The van der Waals surface area contributed by atoms with Crippen LogP contribution in [0.1, 0.15) is 33.1 Å². The number of hydrogen-bond donors (Lipinski definition) is 4. The van der Waals surface area contributed by atoms with E-state index in [2.05, 4.69) is 10.6 Å². The Kier molecular flexibility index (Phi) is 7.69. The van der Waals surface area contributed by atoms with Gasteiger partial charge in [-0.1, -0.05) is 6.92 Å². The molecular formula is C11H20N2O5. The van der Waals surface area contributed by atoms with Gasteiger partial charge in [0.05, 0.1) is 6.54 Å². The molecule has 0 aromatic heterocycles. The SMILES string of the molecule is CCC(C)NCC(=O)NC(CCC(=O)O)C(=O)O. The minimum atomic E-state index is -1.23. The molecule has 7 nitrogen and oxygen atoms in total. The molecule has 0 radical (unpaired) electrons. The Morgan fingerprint density at radius 1 is 1.22 bits per heavy atom. The molecule has 2 unspecified atom stereocenters. The molecule has 0 aromatic carbocycles. The molecule has 1 amide bonds. The Hall–Kier alpha value is -1.63. The largest absolute Gasteiger partial charge is 0.481 e. The van der Waals surface area contributed by atoms with E-state index in [9.17, 15) is 14.4 Å². The summed E-state index contributed by atoms with van der Waals surface area (Å²) < 4.78 is 0. The van der Waals surface area contributed by atoms with Gasteiger partial charge in [-0.25, -0.2) is 4.79 Å². The lowest BCUT2D eigenvalue weighted by Gasteiger charge is -2.15. The predicted octanol–water partition coefficient (Wildman–Crippen LogP) is -0.191. The van der Waals surface area contributed by atoms with E-state index in [1.54, 1.807) is 0 Å². The van der Waals surface area contributed by atoms with Crippen LogP contribution in [-0.4, -0.2) is 46.7 Å². The van der Waals surface area contributed by atoms with Gasteiger partial charge < -0.3 is 20.8 Å². The minimum Gasteiger partial charge on any atom is -0.481 e. The summed E-state index contributed by atoms with van der Waals surface area (Å²) >= 11 is 0. The maximum absolute atomic E-state index is 11.4. The molecular weight excluding hydrogens is 240 g/mol. The van der Waals surface area contributed by atoms with E-state index >= 15 is 0 Å². The molecule has 104 valence electrons. The summed E-state index contributed by atoms with van der Waals surface area (Å²) in [6.07, 6.45) is 0.435. The van der Waals surface area contributed by atoms with E-state index in [4.69, 9.17) is 10.2 Å². The molecule has 0 fully saturated rings. The van der Waals surface area contributed by atoms with Gasteiger partial charge in [0.1, 0.15) is 6.04 Å². The third kappa shape index (κ3) is 7.61. The average Bonchev–Trinajstić information content (AvgIpc) is 2.30. The van der Waals surface area contributed by atoms with Crippen molar-refractivity contribution in [2.75, 3.05) is 6.54 Å². The van der Waals surface area contributed by atoms with Crippen LogP contribution < -0.4 is 10.6 Å². The second-order valence-corrected chi connectivity index (χ2v) is 4.08. The normalized spacial score (nSPS) is 13.7. The van der Waals surface area contributed by atoms with Crippen LogP contribution in [0.4, 0.5) is 0 Å². The molecule has 0 heterocycles. The highest BCUT2D eigenvalue weighted by molar-refractivity contribution is 5.85. The molecule has 0 aliphatic rings. The topological polar surface area (TPSA) is 116 Å². The lowest BCUT2D eigenvalue weighted by molar-refractivity contribution is -0.142. The Morgan fingerprint density at radius 2 is 1.83 bits per heavy atom. The monoisotopic (exact) mass is 260 g/mol. The Morgan fingerprint density at radius 3 is 2.28 bits per heavy atom. The first-order valence-corrected chi connectivity index (χ1v) is 5.84. The highest BCUT2D eigenvalue weighted by Crippen LogP contribution is 1.98. The van der Waals surface area contributed by atoms with Crippen molar-refractivity contribution in [1.82, 2.24) is 10.6 Å². The number of carbonyl (C=O) groups excluding carboxylic acids is 1. The van der Waals surface area contributed by atoms with Gasteiger partial charge in [-0.2, -0.15) is 0 Å². The minimum absolute atomic E-state index is 0.0197. The molecule has 0 spiro atoms. The van der Waals surface area contributed by atoms with Gasteiger partial charge in [0, 0.05) is 12.5 Å². The number of amides is 1. The summed E-state index contributed by atoms with van der Waals surface area (Å²) in [5.41, 5.74) is 0. The molecule has 0 aliphatic heterocycles. The third-order valence-electron chi connectivity index (χ3n) is 2.50. The zero-order chi connectivity index (χ0) is 14.1. The molecule has 0 saturated heterocycles. The molecule has 2 atom stereocenters. The maximum Gasteiger partial charge on any atom is 0.326 e. The first kappa shape index (κ1) is 16.4. The van der Waals surface area contributed by atoms with Crippen LogP contribution in [0.5, 0.6) is 0 Å². The number of carboxylic acid groups (broad SMARTS) is 2. The second-order valence-electron chi connectivity index (χ2n) is 4.08. The first-order valence-electron chi connectivity index (χ1n) is 5.84. The number of aliphatic carboxylic acids is 2. The van der Waals surface area contributed by atoms with E-state index in [0.29, 0.717) is 0 Å². The fraction of sp³-hybridized carbons (Fsp3) is 0.727. The number of hydrogen-bond acceptors (Lipinski definition) is 4. The number of carbonyl (C=O) groups is 3. The van der Waals surface area contributed by atoms with Crippen LogP contribution in [0.3, 0.4) is 0 Å². The predicted molar refractivity (Wildman–Crippen MR) is 64.2 cm³/mol. The van der Waals surface area contributed by atoms with Gasteiger partial charge in [-0.3, -0.25) is 9.59 Å². The van der Waals surface area contributed by atoms with Gasteiger partial charge in [0.2, 0.25) is 5.91 Å². The summed E-state index contributed by atoms with van der Waals surface area (Å²) in [7, 11) is 0. The highest BCUT2D eigenvalue weighted by atomic mass is 16.4. The van der Waals surface area contributed by atoms with Crippen molar-refractivity contribution in [3.8, 4) is 0 Å². The Balaban J connectivity index is 4.11. The lowest BCUT2D eigenvalue weighted by atomic mass is 10.1. The van der Waals surface area contributed by atoms with Crippen molar-refractivity contribution >= 4 is 17.8 Å². The van der Waals surface area contributed by atoms with Gasteiger partial charge >= 0.3 is 11.9 Å². The van der Waals surface area contributed by atoms with Gasteiger partial charge in [-0.15, -0.1) is 0 Å². The van der Waals surface area contributed by atoms with Crippen LogP contribution in [-0.2, 0) is 14.4 Å². The fourth-order valence-corrected chi connectivity index (χ4v) is 1.18. The average molecular weight is 260 g/mol. The van der Waals surface area contributed by atoms with Crippen molar-refractivity contribution in [3.05, 3.63) is 0 Å². The van der Waals surface area contributed by atoms with Gasteiger partial charge in [0.25, 0.3) is 0 Å². The van der Waals surface area contributed by atoms with E-state index in [1.807, 2.05) is 13.8 Å². The van der Waals surface area contributed by atoms with E-state index < -0.39 is 23.9 Å². The fourth-order valence-electron chi connectivity index (χ4n) is 1.18. The molecule has 0 saturated carbocycles. The molecule has 0 aliphatic carbocycles. The summed E-state index contributed by atoms with van der Waals surface area (Å²) in [5.74, 6) is -2.77. The van der Waals surface area contributed by atoms with Gasteiger partial charge in [-0.05, 0) is 19.8 Å². The van der Waals surface area contributed by atoms with Crippen LogP contribution in [0.15, 0.2) is 0 Å². The maximum atomic E-state index is 11.4. The number of nitrogens with one attached hydrogen (secondary N) is 2. The molecule has 7 heteroatoms. The molecule has 0 aromatic rings. The van der Waals surface area contributed by atoms with Crippen LogP contribution >= 0.6 is 0 Å². The van der Waals surface area contributed by atoms with E-state index in [-0.39, 0.29) is 25.4 Å². The zero-order valence-electron chi connectivity index (χ0n) is 10.6. The second kappa shape index (κ2) is 8.46. The Bertz CT molecular complexity index is 306. The van der Waals surface area contributed by atoms with Crippen molar-refractivity contribution in [1.29, 1.82) is 0 Å². The standard InChI is InChI=1S/C11H20N2O5/c1-3-7(2)12-6-9(14)13-8(11(17)18)4-5-10(15)16/h7-8,12H,3-6H2,1-2H3,(H,13,14)(H,15,16)(H,17,18). The number of rotatable bonds is 9. The smallest absolute Gasteiger partial charge is 0.326 e. The summed E-state index contributed by atoms with van der Waals surface area (Å²) in [4.78, 5) is 32.6. The zero-order valence-corrected chi connectivity index (χ0v) is 10.6. The molecule has 4 N–H and O–H groups in total. The summed E-state index contributed by atoms with van der Waals surface area (Å²) in [6.45, 7) is 3.89. The van der Waals surface area contributed by atoms with Crippen molar-refractivity contribution in [3.63, 3.8) is 0 Å². The summed E-state index contributed by atoms with van der Waals surface area (Å²) in [6, 6.07) is -0.995. The van der Waals surface area contributed by atoms with E-state index in [1.165, 1.54) is 0 Å². The van der Waals surface area contributed by atoms with Gasteiger partial charge in [0.15, 0.2) is 0 Å². The van der Waals surface area contributed by atoms with Crippen molar-refractivity contribution in [2.45, 2.75) is 45.2 Å². The quantitative estimate of drug-likeness (QED) is 0.456. The van der Waals surface area contributed by atoms with E-state index in [0.717, 1.165) is 6.42 Å². The third-order valence-corrected chi connectivity index (χ3v) is 2.50. The lowest BCUT2D eigenvalue weighted by Crippen LogP contribution is -2.46. The molecule has 0 bridgehead atoms. The van der Waals surface area contributed by atoms with Crippen molar-refractivity contribution < 1.29 is 24.6 Å². The van der Waals surface area contributed by atoms with Crippen LogP contribution in [0.25, 0.3) is 0 Å². The van der Waals surface area contributed by atoms with Crippen LogP contribution in [0.2, 0.25) is 0 Å². The highest BCUT2D eigenvalue weighted by Gasteiger charge is 2.20. The van der Waals surface area contributed by atoms with Crippen LogP contribution in [0, 0.1) is 0 Å². The number of carboxylic acids is 2. The molecule has 0 rings (SSSR count).